The van der Waals surface area contributed by atoms with Crippen LogP contribution in [0.5, 0.6) is 0 Å². The first kappa shape index (κ1) is 9.58. The van der Waals surface area contributed by atoms with Crippen molar-refractivity contribution in [3.63, 3.8) is 0 Å². The van der Waals surface area contributed by atoms with Crippen LogP contribution in [0.15, 0.2) is 0 Å². The van der Waals surface area contributed by atoms with Crippen LogP contribution in [-0.4, -0.2) is 24.9 Å². The summed E-state index contributed by atoms with van der Waals surface area (Å²) < 4.78 is 30.1. The van der Waals surface area contributed by atoms with Crippen LogP contribution in [0.4, 0.5) is 8.78 Å². The summed E-state index contributed by atoms with van der Waals surface area (Å²) in [4.78, 5) is 9.89. The van der Waals surface area contributed by atoms with Crippen molar-refractivity contribution < 1.29 is 18.3 Å². The van der Waals surface area contributed by atoms with Gasteiger partial charge in [0.2, 0.25) is 0 Å². The number of hydrogen-bond donors (Lipinski definition) is 0. The fourth-order valence-electron chi connectivity index (χ4n) is 1.32. The molecule has 1 atom stereocenters. The third-order valence-electron chi connectivity index (χ3n) is 1.95. The topological polar surface area (TPSA) is 26.3 Å². The monoisotopic (exact) mass is 178 g/mol. The van der Waals surface area contributed by atoms with Gasteiger partial charge in [0.25, 0.3) is 0 Å². The number of alkyl halides is 2. The van der Waals surface area contributed by atoms with Crippen LogP contribution in [0.1, 0.15) is 25.7 Å². The molecular formula is C8H12F2O2. The Kier molecular flexibility index (Phi) is 3.14. The number of ether oxygens (including phenoxy) is 1. The molecular weight excluding hydrogens is 166 g/mol. The summed E-state index contributed by atoms with van der Waals surface area (Å²) in [5, 5.41) is 0. The highest BCUT2D eigenvalue weighted by molar-refractivity contribution is 5.59. The molecule has 0 radical (unpaired) electrons. The van der Waals surface area contributed by atoms with E-state index in [2.05, 4.69) is 0 Å². The van der Waals surface area contributed by atoms with Crippen molar-refractivity contribution in [2.45, 2.75) is 37.7 Å². The Morgan fingerprint density at radius 1 is 1.50 bits per heavy atom. The minimum Gasteiger partial charge on any atom is -0.378 e. The molecule has 1 fully saturated rings. The summed E-state index contributed by atoms with van der Waals surface area (Å²) in [6.45, 7) is 0.541. The number of hydrogen-bond acceptors (Lipinski definition) is 2. The molecule has 0 saturated carbocycles. The maximum absolute atomic E-state index is 12.5. The number of carbonyl (C=O) groups excluding carboxylic acids is 1. The zero-order chi connectivity index (χ0) is 9.03. The fraction of sp³-hybridized carbons (Fsp3) is 0.875. The van der Waals surface area contributed by atoms with Gasteiger partial charge in [-0.1, -0.05) is 0 Å². The van der Waals surface area contributed by atoms with Gasteiger partial charge in [0.05, 0.1) is 6.10 Å². The lowest BCUT2D eigenvalue weighted by atomic mass is 10.0. The number of halogens is 2. The molecule has 0 unspecified atom stereocenters. The van der Waals surface area contributed by atoms with Crippen LogP contribution >= 0.6 is 0 Å². The van der Waals surface area contributed by atoms with Gasteiger partial charge in [0, 0.05) is 13.0 Å². The van der Waals surface area contributed by atoms with E-state index in [9.17, 15) is 13.6 Å². The first-order chi connectivity index (χ1) is 5.64. The highest BCUT2D eigenvalue weighted by Gasteiger charge is 2.33. The Labute approximate surface area is 69.9 Å². The van der Waals surface area contributed by atoms with E-state index in [1.54, 1.807) is 0 Å². The van der Waals surface area contributed by atoms with Gasteiger partial charge in [-0.3, -0.25) is 4.79 Å². The molecule has 1 heterocycles. The molecule has 12 heavy (non-hydrogen) atoms. The molecule has 1 rings (SSSR count). The van der Waals surface area contributed by atoms with Crippen molar-refractivity contribution in [3.8, 4) is 0 Å². The van der Waals surface area contributed by atoms with E-state index < -0.39 is 18.4 Å². The summed E-state index contributed by atoms with van der Waals surface area (Å²) in [5.74, 6) is -3.21. The van der Waals surface area contributed by atoms with Crippen molar-refractivity contribution in [1.29, 1.82) is 0 Å². The molecule has 0 bridgehead atoms. The zero-order valence-corrected chi connectivity index (χ0v) is 6.76. The van der Waals surface area contributed by atoms with Gasteiger partial charge in [-0.25, -0.2) is 0 Å². The lowest BCUT2D eigenvalue weighted by Crippen LogP contribution is -2.29. The number of carbonyl (C=O) groups is 1. The molecule has 1 aliphatic rings. The Balaban J connectivity index is 2.33. The largest absolute Gasteiger partial charge is 0.378 e. The van der Waals surface area contributed by atoms with Crippen LogP contribution in [0, 0.1) is 0 Å². The van der Waals surface area contributed by atoms with E-state index >= 15 is 0 Å². The fourth-order valence-corrected chi connectivity index (χ4v) is 1.32. The Morgan fingerprint density at radius 2 is 2.25 bits per heavy atom. The third kappa shape index (κ3) is 2.85. The van der Waals surface area contributed by atoms with E-state index in [0.29, 0.717) is 13.0 Å². The Bertz CT molecular complexity index is 153. The van der Waals surface area contributed by atoms with Gasteiger partial charge in [-0.15, -0.1) is 0 Å². The summed E-state index contributed by atoms with van der Waals surface area (Å²) in [6.07, 6.45) is 1.30. The van der Waals surface area contributed by atoms with Crippen molar-refractivity contribution in [1.82, 2.24) is 0 Å². The summed E-state index contributed by atoms with van der Waals surface area (Å²) >= 11 is 0. The quantitative estimate of drug-likeness (QED) is 0.616. The zero-order valence-electron chi connectivity index (χ0n) is 6.76. The summed E-state index contributed by atoms with van der Waals surface area (Å²) in [7, 11) is 0. The second-order valence-electron chi connectivity index (χ2n) is 3.07. The smallest absolute Gasteiger partial charge is 0.304 e. The first-order valence-corrected chi connectivity index (χ1v) is 4.10. The number of aldehydes is 1. The highest BCUT2D eigenvalue weighted by atomic mass is 19.3. The van der Waals surface area contributed by atoms with E-state index in [1.165, 1.54) is 0 Å². The molecule has 4 heteroatoms. The van der Waals surface area contributed by atoms with Crippen molar-refractivity contribution >= 4 is 6.29 Å². The Hall–Kier alpha value is -0.510. The predicted molar refractivity (Wildman–Crippen MR) is 39.2 cm³/mol. The summed E-state index contributed by atoms with van der Waals surface area (Å²) in [6, 6.07) is 0. The number of rotatable bonds is 3. The molecule has 0 aromatic rings. The van der Waals surface area contributed by atoms with Gasteiger partial charge >= 0.3 is 5.92 Å². The van der Waals surface area contributed by atoms with Crippen LogP contribution in [-0.2, 0) is 9.53 Å². The van der Waals surface area contributed by atoms with Gasteiger partial charge in [0.15, 0.2) is 6.29 Å². The van der Waals surface area contributed by atoms with Crippen LogP contribution in [0.2, 0.25) is 0 Å². The van der Waals surface area contributed by atoms with E-state index in [-0.39, 0.29) is 6.29 Å². The molecule has 0 N–H and O–H groups in total. The molecule has 0 spiro atoms. The van der Waals surface area contributed by atoms with Crippen LogP contribution in [0.3, 0.4) is 0 Å². The van der Waals surface area contributed by atoms with E-state index in [4.69, 9.17) is 4.74 Å². The normalized spacial score (nSPS) is 25.3. The van der Waals surface area contributed by atoms with Crippen LogP contribution in [0.25, 0.3) is 0 Å². The first-order valence-electron chi connectivity index (χ1n) is 4.10. The van der Waals surface area contributed by atoms with Crippen molar-refractivity contribution in [3.05, 3.63) is 0 Å². The lowest BCUT2D eigenvalue weighted by Gasteiger charge is -2.24. The molecule has 0 aliphatic carbocycles. The minimum atomic E-state index is -3.21. The average molecular weight is 178 g/mol. The Morgan fingerprint density at radius 3 is 2.75 bits per heavy atom. The highest BCUT2D eigenvalue weighted by Crippen LogP contribution is 2.24. The van der Waals surface area contributed by atoms with E-state index in [1.807, 2.05) is 0 Å². The van der Waals surface area contributed by atoms with Gasteiger partial charge in [-0.05, 0) is 19.3 Å². The third-order valence-corrected chi connectivity index (χ3v) is 1.95. The molecule has 0 amide bonds. The van der Waals surface area contributed by atoms with Crippen molar-refractivity contribution in [2.75, 3.05) is 6.61 Å². The average Bonchev–Trinajstić information content (AvgIpc) is 2.06. The maximum atomic E-state index is 12.5. The molecule has 2 nitrogen and oxygen atoms in total. The molecule has 70 valence electrons. The standard InChI is InChI=1S/C8H12F2O2/c9-8(10,6-11)5-7-3-1-2-4-12-7/h6-7H,1-5H2/t7-/m1/s1. The van der Waals surface area contributed by atoms with Crippen LogP contribution < -0.4 is 0 Å². The van der Waals surface area contributed by atoms with Gasteiger partial charge < -0.3 is 4.74 Å². The van der Waals surface area contributed by atoms with Crippen molar-refractivity contribution in [2.24, 2.45) is 0 Å². The minimum absolute atomic E-state index is 0.301. The summed E-state index contributed by atoms with van der Waals surface area (Å²) in [5.41, 5.74) is 0. The lowest BCUT2D eigenvalue weighted by molar-refractivity contribution is -0.136. The second-order valence-corrected chi connectivity index (χ2v) is 3.07. The molecule has 0 aromatic heterocycles. The molecule has 1 saturated heterocycles. The van der Waals surface area contributed by atoms with Gasteiger partial charge in [-0.2, -0.15) is 8.78 Å². The van der Waals surface area contributed by atoms with Gasteiger partial charge in [0.1, 0.15) is 0 Å². The van der Waals surface area contributed by atoms with E-state index in [0.717, 1.165) is 12.8 Å². The molecule has 1 aliphatic heterocycles. The SMILES string of the molecule is O=CC(F)(F)C[C@H]1CCCCO1. The maximum Gasteiger partial charge on any atom is 0.304 e. The molecule has 0 aromatic carbocycles. The predicted octanol–water partition coefficient (Wildman–Crippen LogP) is 1.78. The second kappa shape index (κ2) is 3.94.